The smallest absolute Gasteiger partial charge is 0.159 e. The van der Waals surface area contributed by atoms with Crippen LogP contribution in [0.25, 0.3) is 109 Å². The maximum Gasteiger partial charge on any atom is 0.159 e. The fraction of sp³-hybridized carbons (Fsp3) is 0.184. The van der Waals surface area contributed by atoms with Gasteiger partial charge in [0.25, 0.3) is 0 Å². The largest absolute Gasteiger partial charge is 0.456 e. The van der Waals surface area contributed by atoms with Crippen LogP contribution in [-0.2, 0) is 10.8 Å². The van der Waals surface area contributed by atoms with E-state index < -0.39 is 0 Å². The van der Waals surface area contributed by atoms with E-state index in [1.807, 2.05) is 12.1 Å². The van der Waals surface area contributed by atoms with Gasteiger partial charge in [-0.2, -0.15) is 0 Å². The summed E-state index contributed by atoms with van der Waals surface area (Å²) in [5.74, 6) is 0.253. The molecule has 0 N–H and O–H groups in total. The molecule has 402 valence electrons. The van der Waals surface area contributed by atoms with E-state index >= 15 is 0 Å². The third kappa shape index (κ3) is 7.60. The second kappa shape index (κ2) is 18.1. The summed E-state index contributed by atoms with van der Waals surface area (Å²) in [6, 6.07) is 70.1. The molecule has 0 fully saturated rings. The van der Waals surface area contributed by atoms with Crippen LogP contribution in [0.5, 0.6) is 0 Å². The molecule has 11 aromatic carbocycles. The molecule has 0 saturated carbocycles. The Kier molecular flexibility index (Phi) is 11.0. The van der Waals surface area contributed by atoms with Gasteiger partial charge in [-0.3, -0.25) is 0 Å². The number of hydrogen-bond acceptors (Lipinski definition) is 6. The van der Waals surface area contributed by atoms with Gasteiger partial charge in [0.15, 0.2) is 11.2 Å². The summed E-state index contributed by atoms with van der Waals surface area (Å²) in [6.45, 7) is 22.8. The predicted molar refractivity (Wildman–Crippen MR) is 346 cm³/mol. The van der Waals surface area contributed by atoms with E-state index in [2.05, 4.69) is 261 Å². The van der Waals surface area contributed by atoms with Gasteiger partial charge in [-0.25, -0.2) is 0 Å². The zero-order chi connectivity index (χ0) is 56.1. The van der Waals surface area contributed by atoms with Crippen molar-refractivity contribution in [3.8, 4) is 0 Å². The summed E-state index contributed by atoms with van der Waals surface area (Å²) in [5, 5.41) is 13.3. The number of furan rings is 4. The molecule has 0 saturated heterocycles. The van der Waals surface area contributed by atoms with E-state index in [1.165, 1.54) is 11.1 Å². The molecule has 0 amide bonds. The first-order valence-corrected chi connectivity index (χ1v) is 28.9. The molecular formula is C76H64N2O4. The number of benzene rings is 11. The zero-order valence-electron chi connectivity index (χ0n) is 48.2. The molecule has 4 heterocycles. The molecule has 0 atom stereocenters. The standard InChI is InChI=1S/C76H64N2O4/c1-43(2)67-69-55-39-45-33-35-49(77(59-27-15-13-25-57(59)75(5,6)7)61-29-19-23-53-51-21-11-17-31-63(51)79-71(53)61)37-47(45)41-65(55)82-74(69)68(44(3)4)70-56-40-46-34-36-50(38-48(46)42-66(56)81-73(67)70)78(60-28-16-14-26-58(60)76(8,9)10)62-30-20-24-54-52-22-12-18-32-64(52)80-72(54)62/h11-44H,1-10H3. The van der Waals surface area contributed by atoms with Crippen LogP contribution in [0.3, 0.4) is 0 Å². The van der Waals surface area contributed by atoms with Crippen molar-refractivity contribution in [1.82, 2.24) is 0 Å². The maximum atomic E-state index is 7.31. The van der Waals surface area contributed by atoms with Gasteiger partial charge in [0.2, 0.25) is 0 Å². The fourth-order valence-corrected chi connectivity index (χ4v) is 13.4. The topological polar surface area (TPSA) is 59.0 Å². The van der Waals surface area contributed by atoms with Crippen LogP contribution in [0.2, 0.25) is 0 Å². The van der Waals surface area contributed by atoms with Crippen molar-refractivity contribution < 1.29 is 17.7 Å². The van der Waals surface area contributed by atoms with Crippen LogP contribution in [-0.4, -0.2) is 0 Å². The van der Waals surface area contributed by atoms with Crippen molar-refractivity contribution in [3.63, 3.8) is 0 Å². The summed E-state index contributed by atoms with van der Waals surface area (Å²) < 4.78 is 28.1. The zero-order valence-corrected chi connectivity index (χ0v) is 48.2. The highest BCUT2D eigenvalue weighted by Gasteiger charge is 2.31. The maximum absolute atomic E-state index is 7.31. The Morgan fingerprint density at radius 2 is 0.671 bits per heavy atom. The molecule has 4 aromatic heterocycles. The van der Waals surface area contributed by atoms with Crippen LogP contribution in [0.15, 0.2) is 212 Å². The Hall–Kier alpha value is -9.26. The number of nitrogens with zero attached hydrogens (tertiary/aromatic N) is 2. The van der Waals surface area contributed by atoms with Crippen LogP contribution >= 0.6 is 0 Å². The van der Waals surface area contributed by atoms with Crippen molar-refractivity contribution in [3.05, 3.63) is 216 Å². The molecule has 0 bridgehead atoms. The highest BCUT2D eigenvalue weighted by atomic mass is 16.3. The lowest BCUT2D eigenvalue weighted by Gasteiger charge is -2.32. The number of para-hydroxylation sites is 6. The van der Waals surface area contributed by atoms with E-state index in [9.17, 15) is 0 Å². The second-order valence-corrected chi connectivity index (χ2v) is 25.2. The quantitative estimate of drug-likeness (QED) is 0.151. The molecule has 0 unspecified atom stereocenters. The van der Waals surface area contributed by atoms with Crippen LogP contribution < -0.4 is 9.80 Å². The molecule has 6 nitrogen and oxygen atoms in total. The Labute approximate surface area is 476 Å². The Morgan fingerprint density at radius 1 is 0.305 bits per heavy atom. The predicted octanol–water partition coefficient (Wildman–Crippen LogP) is 23.4. The number of hydrogen-bond donors (Lipinski definition) is 0. The van der Waals surface area contributed by atoms with Crippen LogP contribution in [0.1, 0.15) is 103 Å². The van der Waals surface area contributed by atoms with Gasteiger partial charge in [0.1, 0.15) is 33.5 Å². The lowest BCUT2D eigenvalue weighted by atomic mass is 9.85. The van der Waals surface area contributed by atoms with Crippen molar-refractivity contribution in [2.75, 3.05) is 9.80 Å². The normalized spacial score (nSPS) is 12.7. The fourth-order valence-electron chi connectivity index (χ4n) is 13.4. The monoisotopic (exact) mass is 1070 g/mol. The van der Waals surface area contributed by atoms with Crippen molar-refractivity contribution in [2.45, 2.75) is 91.9 Å². The number of anilines is 6. The minimum absolute atomic E-state index is 0.126. The van der Waals surface area contributed by atoms with E-state index in [4.69, 9.17) is 17.7 Å². The molecule has 0 aliphatic heterocycles. The highest BCUT2D eigenvalue weighted by molar-refractivity contribution is 6.23. The second-order valence-electron chi connectivity index (χ2n) is 25.2. The lowest BCUT2D eigenvalue weighted by molar-refractivity contribution is 0.590. The Morgan fingerprint density at radius 3 is 1.09 bits per heavy atom. The first kappa shape index (κ1) is 49.8. The average molecular weight is 1070 g/mol. The summed E-state index contributed by atoms with van der Waals surface area (Å²) in [5.41, 5.74) is 17.8. The Bertz CT molecular complexity index is 4780. The van der Waals surface area contributed by atoms with Gasteiger partial charge in [0, 0.05) is 77.0 Å². The number of rotatable bonds is 8. The molecule has 0 aliphatic carbocycles. The molecule has 6 heteroatoms. The molecule has 0 aliphatic rings. The first-order valence-electron chi connectivity index (χ1n) is 28.9. The van der Waals surface area contributed by atoms with E-state index in [0.717, 1.165) is 155 Å². The van der Waals surface area contributed by atoms with Gasteiger partial charge in [-0.05, 0) is 140 Å². The SMILES string of the molecule is CC(C)c1c2oc3cc4cc(N(c5ccccc5C(C)(C)C)c5cccc6c5oc5ccccc56)ccc4cc3c2c(C(C)C)c2oc3cc4cc(N(c5ccccc5C(C)(C)C)c5cccc6c5oc5ccccc56)ccc4cc3c12. The summed E-state index contributed by atoms with van der Waals surface area (Å²) in [6.07, 6.45) is 0. The Balaban J connectivity index is 0.913. The third-order valence-corrected chi connectivity index (χ3v) is 17.1. The minimum Gasteiger partial charge on any atom is -0.456 e. The van der Waals surface area contributed by atoms with E-state index in [-0.39, 0.29) is 22.7 Å². The molecule has 82 heavy (non-hydrogen) atoms. The molecule has 15 rings (SSSR count). The van der Waals surface area contributed by atoms with Crippen molar-refractivity contribution in [1.29, 1.82) is 0 Å². The third-order valence-electron chi connectivity index (χ3n) is 17.1. The van der Waals surface area contributed by atoms with Gasteiger partial charge < -0.3 is 27.5 Å². The first-order chi connectivity index (χ1) is 39.6. The summed E-state index contributed by atoms with van der Waals surface area (Å²) in [7, 11) is 0. The van der Waals surface area contributed by atoms with Gasteiger partial charge >= 0.3 is 0 Å². The molecule has 0 spiro atoms. The van der Waals surface area contributed by atoms with Gasteiger partial charge in [-0.15, -0.1) is 0 Å². The van der Waals surface area contributed by atoms with Crippen LogP contribution in [0, 0.1) is 0 Å². The van der Waals surface area contributed by atoms with Crippen molar-refractivity contribution in [2.24, 2.45) is 0 Å². The van der Waals surface area contributed by atoms with E-state index in [1.54, 1.807) is 0 Å². The van der Waals surface area contributed by atoms with Gasteiger partial charge in [0.05, 0.1) is 11.4 Å². The molecule has 0 radical (unpaired) electrons. The number of fused-ring (bicyclic) bond motifs is 14. The van der Waals surface area contributed by atoms with Crippen molar-refractivity contribution >= 4 is 143 Å². The highest BCUT2D eigenvalue weighted by Crippen LogP contribution is 2.52. The summed E-state index contributed by atoms with van der Waals surface area (Å²) >= 11 is 0. The molecule has 15 aromatic rings. The lowest BCUT2D eigenvalue weighted by Crippen LogP contribution is -2.19. The van der Waals surface area contributed by atoms with Crippen LogP contribution in [0.4, 0.5) is 34.1 Å². The summed E-state index contributed by atoms with van der Waals surface area (Å²) in [4.78, 5) is 4.77. The average Bonchev–Trinajstić information content (AvgIpc) is 4.41. The molecular weight excluding hydrogens is 1000 g/mol. The minimum atomic E-state index is -0.133. The van der Waals surface area contributed by atoms with Gasteiger partial charge in [-0.1, -0.05) is 178 Å². The van der Waals surface area contributed by atoms with E-state index in [0.29, 0.717) is 0 Å².